The summed E-state index contributed by atoms with van der Waals surface area (Å²) in [6, 6.07) is 13.0. The number of hydrogen-bond donors (Lipinski definition) is 0. The predicted molar refractivity (Wildman–Crippen MR) is 121 cm³/mol. The lowest BCUT2D eigenvalue weighted by Gasteiger charge is -2.31. The van der Waals surface area contributed by atoms with E-state index < -0.39 is 15.3 Å². The fraction of sp³-hybridized carbons (Fsp3) is 0.455. The smallest absolute Gasteiger partial charge is 0.244 e. The maximum absolute atomic E-state index is 13.2. The highest BCUT2D eigenvalue weighted by Crippen LogP contribution is 2.36. The molecule has 0 radical (unpaired) electrons. The molecule has 2 aliphatic rings. The molecule has 0 bridgehead atoms. The number of piperazine rings is 1. The number of carbonyl (C=O) groups excluding carboxylic acids is 1. The number of likely N-dealkylation sites (N-methyl/N-ethyl adjacent to an activating group) is 1. The number of benzene rings is 1. The van der Waals surface area contributed by atoms with Gasteiger partial charge >= 0.3 is 0 Å². The Hall–Kier alpha value is -1.94. The van der Waals surface area contributed by atoms with Crippen molar-refractivity contribution in [3.8, 4) is 0 Å². The summed E-state index contributed by atoms with van der Waals surface area (Å²) in [7, 11) is -1.56. The molecule has 2 aromatic rings. The first-order chi connectivity index (χ1) is 14.9. The number of rotatable bonds is 6. The molecule has 9 heteroatoms. The second-order valence-corrected chi connectivity index (χ2v) is 11.0. The van der Waals surface area contributed by atoms with Crippen LogP contribution < -0.4 is 0 Å². The average Bonchev–Trinajstić information content (AvgIpc) is 3.33. The Morgan fingerprint density at radius 1 is 0.968 bits per heavy atom. The highest BCUT2D eigenvalue weighted by molar-refractivity contribution is 8.00. The molecule has 7 nitrogen and oxygen atoms in total. The number of likely N-dealkylation sites (tertiary alicyclic amines) is 1. The van der Waals surface area contributed by atoms with Gasteiger partial charge in [0.05, 0.1) is 5.03 Å². The second kappa shape index (κ2) is 9.68. The van der Waals surface area contributed by atoms with Gasteiger partial charge in [0.1, 0.15) is 10.1 Å². The summed E-state index contributed by atoms with van der Waals surface area (Å²) in [6.07, 6.45) is 3.49. The Bertz CT molecular complexity index is 985. The summed E-state index contributed by atoms with van der Waals surface area (Å²) in [5.74, 6) is 0.0876. The van der Waals surface area contributed by atoms with Crippen LogP contribution in [-0.4, -0.2) is 79.7 Å². The molecule has 0 unspecified atom stereocenters. The number of aromatic nitrogens is 1. The number of thioether (sulfide) groups is 1. The van der Waals surface area contributed by atoms with Crippen LogP contribution in [0.1, 0.15) is 23.7 Å². The minimum absolute atomic E-state index is 0.0876. The monoisotopic (exact) mass is 460 g/mol. The lowest BCUT2D eigenvalue weighted by Crippen LogP contribution is -2.47. The van der Waals surface area contributed by atoms with Crippen molar-refractivity contribution in [2.45, 2.75) is 28.0 Å². The summed E-state index contributed by atoms with van der Waals surface area (Å²) in [6.45, 7) is 3.98. The van der Waals surface area contributed by atoms with Crippen LogP contribution in [0.15, 0.2) is 58.6 Å². The van der Waals surface area contributed by atoms with Gasteiger partial charge in [-0.1, -0.05) is 42.1 Å². The van der Waals surface area contributed by atoms with Gasteiger partial charge in [-0.05, 0) is 37.6 Å². The Kier molecular flexibility index (Phi) is 6.95. The number of hydrogen-bond acceptors (Lipinski definition) is 6. The molecule has 0 spiro atoms. The zero-order chi connectivity index (χ0) is 21.8. The molecule has 4 rings (SSSR count). The first-order valence-electron chi connectivity index (χ1n) is 10.6. The highest BCUT2D eigenvalue weighted by Gasteiger charge is 2.30. The molecule has 166 valence electrons. The van der Waals surface area contributed by atoms with Gasteiger partial charge in [0.15, 0.2) is 0 Å². The van der Waals surface area contributed by atoms with Crippen LogP contribution in [-0.2, 0) is 14.8 Å². The summed E-state index contributed by atoms with van der Waals surface area (Å²) in [4.78, 5) is 21.8. The van der Waals surface area contributed by atoms with Gasteiger partial charge in [0, 0.05) is 45.5 Å². The zero-order valence-electron chi connectivity index (χ0n) is 17.7. The SMILES string of the molecule is CN1CCN(S(=O)(=O)c2ccc(S[C@H](C(=O)N3CCCC3)c3ccccc3)nc2)CC1. The maximum Gasteiger partial charge on any atom is 0.244 e. The quantitative estimate of drug-likeness (QED) is 0.617. The molecule has 1 aromatic heterocycles. The van der Waals surface area contributed by atoms with E-state index in [2.05, 4.69) is 9.88 Å². The summed E-state index contributed by atoms with van der Waals surface area (Å²) in [5, 5.41) is 0.241. The third-order valence-corrected chi connectivity index (χ3v) is 8.87. The normalized spacial score (nSPS) is 19.5. The van der Waals surface area contributed by atoms with Crippen LogP contribution >= 0.6 is 11.8 Å². The summed E-state index contributed by atoms with van der Waals surface area (Å²) >= 11 is 1.37. The van der Waals surface area contributed by atoms with Gasteiger partial charge in [-0.15, -0.1) is 0 Å². The zero-order valence-corrected chi connectivity index (χ0v) is 19.3. The van der Waals surface area contributed by atoms with E-state index in [0.29, 0.717) is 18.1 Å². The fourth-order valence-corrected chi connectivity index (χ4v) is 6.29. The fourth-order valence-electron chi connectivity index (χ4n) is 3.88. The lowest BCUT2D eigenvalue weighted by molar-refractivity contribution is -0.129. The molecule has 1 aromatic carbocycles. The number of nitrogens with zero attached hydrogens (tertiary/aromatic N) is 4. The Morgan fingerprint density at radius 2 is 1.65 bits per heavy atom. The first kappa shape index (κ1) is 22.3. The molecule has 2 fully saturated rings. The Morgan fingerprint density at radius 3 is 2.26 bits per heavy atom. The third-order valence-electron chi connectivity index (χ3n) is 5.79. The molecule has 3 heterocycles. The van der Waals surface area contributed by atoms with E-state index in [1.165, 1.54) is 22.3 Å². The molecular weight excluding hydrogens is 432 g/mol. The molecule has 0 saturated carbocycles. The van der Waals surface area contributed by atoms with E-state index in [4.69, 9.17) is 0 Å². The van der Waals surface area contributed by atoms with Crippen molar-refractivity contribution in [2.24, 2.45) is 0 Å². The van der Waals surface area contributed by atoms with Crippen LogP contribution in [0.25, 0.3) is 0 Å². The minimum atomic E-state index is -3.55. The molecular formula is C22H28N4O3S2. The van der Waals surface area contributed by atoms with Gasteiger partial charge < -0.3 is 9.80 Å². The first-order valence-corrected chi connectivity index (χ1v) is 12.9. The van der Waals surface area contributed by atoms with Gasteiger partial charge in [0.2, 0.25) is 15.9 Å². The van der Waals surface area contributed by atoms with Crippen LogP contribution in [0.4, 0.5) is 0 Å². The highest BCUT2D eigenvalue weighted by atomic mass is 32.2. The molecule has 2 saturated heterocycles. The summed E-state index contributed by atoms with van der Waals surface area (Å²) in [5.41, 5.74) is 0.931. The van der Waals surface area contributed by atoms with E-state index >= 15 is 0 Å². The molecule has 0 N–H and O–H groups in total. The van der Waals surface area contributed by atoms with Crippen molar-refractivity contribution in [3.63, 3.8) is 0 Å². The van der Waals surface area contributed by atoms with Crippen LogP contribution in [0.5, 0.6) is 0 Å². The van der Waals surface area contributed by atoms with Crippen molar-refractivity contribution in [2.75, 3.05) is 46.3 Å². The lowest BCUT2D eigenvalue weighted by atomic mass is 10.1. The van der Waals surface area contributed by atoms with Crippen LogP contribution in [0.3, 0.4) is 0 Å². The van der Waals surface area contributed by atoms with Gasteiger partial charge in [-0.2, -0.15) is 4.31 Å². The second-order valence-electron chi connectivity index (χ2n) is 7.98. The van der Waals surface area contributed by atoms with E-state index in [1.807, 2.05) is 42.3 Å². The standard InChI is InChI=1S/C22H28N4O3S2/c1-24-13-15-26(16-14-24)31(28,29)19-9-10-20(23-17-19)30-21(18-7-3-2-4-8-18)22(27)25-11-5-6-12-25/h2-4,7-10,17,21H,5-6,11-16H2,1H3/t21-/m0/s1. The van der Waals surface area contributed by atoms with E-state index in [0.717, 1.165) is 44.6 Å². The topological polar surface area (TPSA) is 73.8 Å². The van der Waals surface area contributed by atoms with Crippen molar-refractivity contribution < 1.29 is 13.2 Å². The van der Waals surface area contributed by atoms with Crippen LogP contribution in [0, 0.1) is 0 Å². The molecule has 0 aliphatic carbocycles. The van der Waals surface area contributed by atoms with Crippen molar-refractivity contribution in [1.82, 2.24) is 19.1 Å². The van der Waals surface area contributed by atoms with E-state index in [1.54, 1.807) is 12.1 Å². The number of pyridine rings is 1. The molecule has 2 aliphatic heterocycles. The van der Waals surface area contributed by atoms with Crippen molar-refractivity contribution in [1.29, 1.82) is 0 Å². The maximum atomic E-state index is 13.2. The van der Waals surface area contributed by atoms with Crippen molar-refractivity contribution >= 4 is 27.7 Å². The van der Waals surface area contributed by atoms with E-state index in [-0.39, 0.29) is 10.8 Å². The Labute approximate surface area is 188 Å². The molecule has 1 amide bonds. The summed E-state index contributed by atoms with van der Waals surface area (Å²) < 4.78 is 27.4. The van der Waals surface area contributed by atoms with Crippen molar-refractivity contribution in [3.05, 3.63) is 54.2 Å². The van der Waals surface area contributed by atoms with Gasteiger partial charge in [-0.3, -0.25) is 4.79 Å². The number of carbonyl (C=O) groups is 1. The minimum Gasteiger partial charge on any atom is -0.341 e. The predicted octanol–water partition coefficient (Wildman–Crippen LogP) is 2.47. The van der Waals surface area contributed by atoms with Gasteiger partial charge in [-0.25, -0.2) is 13.4 Å². The van der Waals surface area contributed by atoms with Crippen LogP contribution in [0.2, 0.25) is 0 Å². The molecule has 31 heavy (non-hydrogen) atoms. The van der Waals surface area contributed by atoms with E-state index in [9.17, 15) is 13.2 Å². The van der Waals surface area contributed by atoms with Gasteiger partial charge in [0.25, 0.3) is 0 Å². The Balaban J connectivity index is 1.52. The molecule has 1 atom stereocenters. The third kappa shape index (κ3) is 5.11. The number of amides is 1. The average molecular weight is 461 g/mol. The number of sulfonamides is 1. The largest absolute Gasteiger partial charge is 0.341 e.